The molecule has 136 valence electrons. The van der Waals surface area contributed by atoms with Crippen molar-refractivity contribution in [3.63, 3.8) is 0 Å². The van der Waals surface area contributed by atoms with Crippen LogP contribution < -0.4 is 10.9 Å². The Balaban J connectivity index is 2.00. The molecular formula is C17H25N5O3. The van der Waals surface area contributed by atoms with Crippen LogP contribution in [0.1, 0.15) is 32.6 Å². The van der Waals surface area contributed by atoms with E-state index in [9.17, 15) is 14.8 Å². The number of anilines is 1. The fourth-order valence-electron chi connectivity index (χ4n) is 2.69. The number of hydroxylamine groups is 2. The van der Waals surface area contributed by atoms with Gasteiger partial charge in [-0.25, -0.2) is 10.0 Å². The largest absolute Gasteiger partial charge is 0.312 e. The smallest absolute Gasteiger partial charge is 0.243 e. The summed E-state index contributed by atoms with van der Waals surface area (Å²) in [6.45, 7) is 2.04. The number of aromatic nitrogens is 2. The number of hydrogen-bond acceptors (Lipinski definition) is 5. The second-order valence-corrected chi connectivity index (χ2v) is 6.02. The Hall–Kier alpha value is -2.61. The van der Waals surface area contributed by atoms with Crippen LogP contribution >= 0.6 is 0 Å². The SMILES string of the molecule is CCCCCC(CN(O)C=O)C(=O)NNc1nc2ccccc2n1C. The molecule has 1 unspecified atom stereocenters. The predicted octanol–water partition coefficient (Wildman–Crippen LogP) is 2.06. The predicted molar refractivity (Wildman–Crippen MR) is 94.7 cm³/mol. The monoisotopic (exact) mass is 347 g/mol. The van der Waals surface area contributed by atoms with Crippen LogP contribution in [-0.2, 0) is 16.6 Å². The van der Waals surface area contributed by atoms with Crippen molar-refractivity contribution in [2.45, 2.75) is 32.6 Å². The van der Waals surface area contributed by atoms with E-state index in [0.717, 1.165) is 30.3 Å². The average molecular weight is 347 g/mol. The first-order valence-corrected chi connectivity index (χ1v) is 8.45. The molecule has 0 saturated heterocycles. The van der Waals surface area contributed by atoms with Crippen molar-refractivity contribution in [1.82, 2.24) is 20.0 Å². The lowest BCUT2D eigenvalue weighted by atomic mass is 10.0. The average Bonchev–Trinajstić information content (AvgIpc) is 2.95. The van der Waals surface area contributed by atoms with Gasteiger partial charge in [-0.05, 0) is 18.6 Å². The maximum absolute atomic E-state index is 12.4. The standard InChI is InChI=1S/C17H25N5O3/c1-3-4-5-8-13(11-22(25)12-23)16(24)19-20-17-18-14-9-6-7-10-15(14)21(17)2/h6-7,9-10,12-13,25H,3-5,8,11H2,1-2H3,(H,18,20)(H,19,24). The molecule has 0 bridgehead atoms. The van der Waals surface area contributed by atoms with Crippen LogP contribution in [0.3, 0.4) is 0 Å². The molecule has 3 N–H and O–H groups in total. The van der Waals surface area contributed by atoms with Crippen molar-refractivity contribution in [3.8, 4) is 0 Å². The Morgan fingerprint density at radius 3 is 2.84 bits per heavy atom. The number of aryl methyl sites for hydroxylation is 1. The number of fused-ring (bicyclic) bond motifs is 1. The van der Waals surface area contributed by atoms with Crippen molar-refractivity contribution >= 4 is 29.3 Å². The Morgan fingerprint density at radius 2 is 2.16 bits per heavy atom. The minimum absolute atomic E-state index is 0.0384. The first-order chi connectivity index (χ1) is 12.1. The minimum atomic E-state index is -0.496. The Bertz CT molecular complexity index is 715. The molecule has 2 rings (SSSR count). The van der Waals surface area contributed by atoms with Crippen LogP contribution in [0.15, 0.2) is 24.3 Å². The minimum Gasteiger partial charge on any atom is -0.312 e. The van der Waals surface area contributed by atoms with Crippen LogP contribution in [0.4, 0.5) is 5.95 Å². The maximum atomic E-state index is 12.4. The summed E-state index contributed by atoms with van der Waals surface area (Å²) >= 11 is 0. The Labute approximate surface area is 146 Å². The van der Waals surface area contributed by atoms with E-state index < -0.39 is 5.92 Å². The molecule has 1 aromatic heterocycles. The van der Waals surface area contributed by atoms with Gasteiger partial charge in [0.1, 0.15) is 0 Å². The molecule has 0 spiro atoms. The van der Waals surface area contributed by atoms with Crippen molar-refractivity contribution in [2.75, 3.05) is 12.0 Å². The van der Waals surface area contributed by atoms with Gasteiger partial charge in [0.05, 0.1) is 23.5 Å². The van der Waals surface area contributed by atoms with Gasteiger partial charge in [0.2, 0.25) is 18.3 Å². The van der Waals surface area contributed by atoms with Crippen LogP contribution in [-0.4, -0.2) is 38.7 Å². The van der Waals surface area contributed by atoms with Gasteiger partial charge in [-0.1, -0.05) is 38.3 Å². The highest BCUT2D eigenvalue weighted by Crippen LogP contribution is 2.17. The van der Waals surface area contributed by atoms with Crippen molar-refractivity contribution in [2.24, 2.45) is 13.0 Å². The first-order valence-electron chi connectivity index (χ1n) is 8.45. The number of nitrogens with zero attached hydrogens (tertiary/aromatic N) is 3. The number of imidazole rings is 1. The van der Waals surface area contributed by atoms with Gasteiger partial charge in [0.25, 0.3) is 0 Å². The molecule has 0 saturated carbocycles. The number of amides is 2. The van der Waals surface area contributed by atoms with Crippen molar-refractivity contribution in [3.05, 3.63) is 24.3 Å². The van der Waals surface area contributed by atoms with E-state index in [-0.39, 0.29) is 12.5 Å². The zero-order valence-corrected chi connectivity index (χ0v) is 14.6. The van der Waals surface area contributed by atoms with E-state index in [1.807, 2.05) is 35.9 Å². The molecule has 0 aliphatic heterocycles. The molecule has 25 heavy (non-hydrogen) atoms. The molecule has 1 aromatic carbocycles. The zero-order valence-electron chi connectivity index (χ0n) is 14.6. The summed E-state index contributed by atoms with van der Waals surface area (Å²) in [5, 5.41) is 9.91. The van der Waals surface area contributed by atoms with Gasteiger partial charge in [0.15, 0.2) is 0 Å². The summed E-state index contributed by atoms with van der Waals surface area (Å²) in [6.07, 6.45) is 3.78. The molecule has 8 nitrogen and oxygen atoms in total. The van der Waals surface area contributed by atoms with Gasteiger partial charge in [-0.15, -0.1) is 0 Å². The third-order valence-corrected chi connectivity index (χ3v) is 4.14. The highest BCUT2D eigenvalue weighted by molar-refractivity contribution is 5.82. The lowest BCUT2D eigenvalue weighted by Crippen LogP contribution is -2.40. The number of carbonyl (C=O) groups is 2. The highest BCUT2D eigenvalue weighted by Gasteiger charge is 2.21. The van der Waals surface area contributed by atoms with Gasteiger partial charge < -0.3 is 4.57 Å². The van der Waals surface area contributed by atoms with E-state index in [2.05, 4.69) is 22.8 Å². The van der Waals surface area contributed by atoms with Crippen molar-refractivity contribution in [1.29, 1.82) is 0 Å². The number of rotatable bonds is 10. The highest BCUT2D eigenvalue weighted by atomic mass is 16.5. The van der Waals surface area contributed by atoms with E-state index >= 15 is 0 Å². The Morgan fingerprint density at radius 1 is 1.40 bits per heavy atom. The summed E-state index contributed by atoms with van der Waals surface area (Å²) in [6, 6.07) is 7.66. The number of benzene rings is 1. The van der Waals surface area contributed by atoms with Crippen molar-refractivity contribution < 1.29 is 14.8 Å². The number of hydrogen-bond donors (Lipinski definition) is 3. The molecule has 2 aromatic rings. The molecule has 8 heteroatoms. The van der Waals surface area contributed by atoms with E-state index in [0.29, 0.717) is 23.8 Å². The number of nitrogens with one attached hydrogen (secondary N) is 2. The molecule has 0 aliphatic rings. The second-order valence-electron chi connectivity index (χ2n) is 6.02. The molecular weight excluding hydrogens is 322 g/mol. The van der Waals surface area contributed by atoms with Gasteiger partial charge in [-0.2, -0.15) is 0 Å². The van der Waals surface area contributed by atoms with Crippen LogP contribution in [0.2, 0.25) is 0 Å². The summed E-state index contributed by atoms with van der Waals surface area (Å²) in [5.74, 6) is -0.272. The molecule has 1 atom stereocenters. The summed E-state index contributed by atoms with van der Waals surface area (Å²) in [4.78, 5) is 27.5. The first kappa shape index (κ1) is 18.7. The lowest BCUT2D eigenvalue weighted by molar-refractivity contribution is -0.154. The second kappa shape index (κ2) is 9.03. The lowest BCUT2D eigenvalue weighted by Gasteiger charge is -2.19. The topological polar surface area (TPSA) is 99.5 Å². The number of carbonyl (C=O) groups excluding carboxylic acids is 2. The van der Waals surface area contributed by atoms with Gasteiger partial charge in [0, 0.05) is 7.05 Å². The quantitative estimate of drug-likeness (QED) is 0.264. The number of para-hydroxylation sites is 2. The third-order valence-electron chi connectivity index (χ3n) is 4.14. The molecule has 0 radical (unpaired) electrons. The fraction of sp³-hybridized carbons (Fsp3) is 0.471. The zero-order chi connectivity index (χ0) is 18.2. The molecule has 0 fully saturated rings. The molecule has 2 amide bonds. The van der Waals surface area contributed by atoms with E-state index in [1.165, 1.54) is 0 Å². The normalized spacial score (nSPS) is 12.0. The van der Waals surface area contributed by atoms with Gasteiger partial charge >= 0.3 is 0 Å². The summed E-state index contributed by atoms with van der Waals surface area (Å²) in [7, 11) is 1.85. The van der Waals surface area contributed by atoms with E-state index in [1.54, 1.807) is 0 Å². The van der Waals surface area contributed by atoms with Gasteiger partial charge in [-0.3, -0.25) is 25.6 Å². The third kappa shape index (κ3) is 4.93. The number of unbranched alkanes of at least 4 members (excludes halogenated alkanes) is 2. The maximum Gasteiger partial charge on any atom is 0.243 e. The van der Waals surface area contributed by atoms with Crippen LogP contribution in [0, 0.1) is 5.92 Å². The van der Waals surface area contributed by atoms with Crippen LogP contribution in [0.25, 0.3) is 11.0 Å². The number of hydrazine groups is 1. The van der Waals surface area contributed by atoms with Crippen LogP contribution in [0.5, 0.6) is 0 Å². The molecule has 0 aliphatic carbocycles. The molecule has 1 heterocycles. The Kier molecular flexibility index (Phi) is 6.76. The van der Waals surface area contributed by atoms with E-state index in [4.69, 9.17) is 0 Å². The summed E-state index contributed by atoms with van der Waals surface area (Å²) < 4.78 is 1.84. The fourth-order valence-corrected chi connectivity index (χ4v) is 2.69. The summed E-state index contributed by atoms with van der Waals surface area (Å²) in [5.41, 5.74) is 7.23.